The molecule has 1 aliphatic rings. The third-order valence-corrected chi connectivity index (χ3v) is 2.75. The molecule has 1 aromatic rings. The third-order valence-electron chi connectivity index (χ3n) is 2.75. The minimum absolute atomic E-state index is 0.375. The lowest BCUT2D eigenvalue weighted by Gasteiger charge is -2.13. The molecule has 1 unspecified atom stereocenters. The lowest BCUT2D eigenvalue weighted by molar-refractivity contribution is 0.186. The second-order valence-corrected chi connectivity index (χ2v) is 3.84. The second-order valence-electron chi connectivity index (χ2n) is 3.84. The molecule has 0 fully saturated rings. The summed E-state index contributed by atoms with van der Waals surface area (Å²) in [6.07, 6.45) is -0.481. The van der Waals surface area contributed by atoms with Crippen LogP contribution in [0.5, 0.6) is 5.75 Å². The summed E-state index contributed by atoms with van der Waals surface area (Å²) in [5, 5.41) is 12.7. The maximum atomic E-state index is 13.8. The Morgan fingerprint density at radius 2 is 2.35 bits per heavy atom. The van der Waals surface area contributed by atoms with E-state index in [0.29, 0.717) is 29.9 Å². The van der Waals surface area contributed by atoms with Gasteiger partial charge in [0.15, 0.2) is 0 Å². The zero-order chi connectivity index (χ0) is 12.4. The van der Waals surface area contributed by atoms with Crippen molar-refractivity contribution in [3.63, 3.8) is 0 Å². The highest BCUT2D eigenvalue weighted by atomic mass is 19.1. The summed E-state index contributed by atoms with van der Waals surface area (Å²) in [7, 11) is 0.624. The van der Waals surface area contributed by atoms with Crippen LogP contribution in [0.4, 0.5) is 4.39 Å². The molecule has 2 rings (SSSR count). The minimum Gasteiger partial charge on any atom is -0.494 e. The predicted molar refractivity (Wildman–Crippen MR) is 62.9 cm³/mol. The Labute approximate surface area is 99.9 Å². The lowest BCUT2D eigenvalue weighted by Crippen LogP contribution is -2.30. The van der Waals surface area contributed by atoms with Crippen LogP contribution in [0.2, 0.25) is 0 Å². The smallest absolute Gasteiger partial charge is 0.494 e. The van der Waals surface area contributed by atoms with E-state index >= 15 is 0 Å². The predicted octanol–water partition coefficient (Wildman–Crippen LogP) is 0.203. The molecule has 2 N–H and O–H groups in total. The summed E-state index contributed by atoms with van der Waals surface area (Å²) in [5.74, 6) is 0.107. The topological polar surface area (TPSA) is 50.7 Å². The van der Waals surface area contributed by atoms with Crippen LogP contribution in [0.3, 0.4) is 0 Å². The number of fused-ring (bicyclic) bond motifs is 1. The van der Waals surface area contributed by atoms with Crippen molar-refractivity contribution >= 4 is 12.6 Å². The largest absolute Gasteiger partial charge is 0.495 e. The van der Waals surface area contributed by atoms with E-state index in [1.165, 1.54) is 12.1 Å². The van der Waals surface area contributed by atoms with Crippen molar-refractivity contribution in [2.45, 2.75) is 13.0 Å². The van der Waals surface area contributed by atoms with Crippen LogP contribution < -0.4 is 15.5 Å². The van der Waals surface area contributed by atoms with E-state index < -0.39 is 13.2 Å². The molecule has 92 valence electrons. The summed E-state index contributed by atoms with van der Waals surface area (Å²) in [5.41, 5.74) is 0.796. The molecule has 1 aromatic carbocycles. The fourth-order valence-electron chi connectivity index (χ4n) is 2.08. The number of nitrogens with one attached hydrogen (secondary N) is 1. The van der Waals surface area contributed by atoms with Crippen LogP contribution in [-0.4, -0.2) is 32.3 Å². The molecule has 1 heterocycles. The van der Waals surface area contributed by atoms with Crippen LogP contribution in [0.15, 0.2) is 12.1 Å². The van der Waals surface area contributed by atoms with Gasteiger partial charge in [-0.3, -0.25) is 0 Å². The summed E-state index contributed by atoms with van der Waals surface area (Å²) < 4.78 is 24.5. The number of halogens is 1. The zero-order valence-corrected chi connectivity index (χ0v) is 9.87. The lowest BCUT2D eigenvalue weighted by atomic mass is 9.78. The number of likely N-dealkylation sites (N-methyl/N-ethyl adjacent to an activating group) is 1. The van der Waals surface area contributed by atoms with Gasteiger partial charge < -0.3 is 19.7 Å². The van der Waals surface area contributed by atoms with E-state index in [0.717, 1.165) is 0 Å². The molecule has 0 aromatic heterocycles. The summed E-state index contributed by atoms with van der Waals surface area (Å²) >= 11 is 0. The maximum absolute atomic E-state index is 13.8. The molecule has 0 saturated heterocycles. The van der Waals surface area contributed by atoms with Gasteiger partial charge in [0.1, 0.15) is 11.6 Å². The fourth-order valence-corrected chi connectivity index (χ4v) is 2.08. The number of rotatable bonds is 4. The highest BCUT2D eigenvalue weighted by Crippen LogP contribution is 2.29. The van der Waals surface area contributed by atoms with Crippen LogP contribution >= 0.6 is 0 Å². The van der Waals surface area contributed by atoms with Crippen LogP contribution in [-0.2, 0) is 4.65 Å². The van der Waals surface area contributed by atoms with Crippen LogP contribution in [0.25, 0.3) is 0 Å². The van der Waals surface area contributed by atoms with E-state index in [1.807, 2.05) is 6.92 Å². The average Bonchev–Trinajstić information content (AvgIpc) is 2.62. The fraction of sp³-hybridized carbons (Fsp3) is 0.455. The number of hydrogen-bond acceptors (Lipinski definition) is 4. The monoisotopic (exact) mass is 239 g/mol. The number of ether oxygens (including phenoxy) is 1. The molecule has 4 nitrogen and oxygen atoms in total. The summed E-state index contributed by atoms with van der Waals surface area (Å²) in [6.45, 7) is 2.74. The Kier molecular flexibility index (Phi) is 3.66. The minimum atomic E-state index is -1.12. The van der Waals surface area contributed by atoms with Crippen molar-refractivity contribution in [1.82, 2.24) is 5.32 Å². The first kappa shape index (κ1) is 12.4. The Morgan fingerprint density at radius 1 is 1.59 bits per heavy atom. The highest BCUT2D eigenvalue weighted by molar-refractivity contribution is 6.62. The molecule has 17 heavy (non-hydrogen) atoms. The maximum Gasteiger partial charge on any atom is 0.495 e. The SMILES string of the molecule is CCOc1ccc(F)c2c1B(O)OC2CNC. The van der Waals surface area contributed by atoms with Crippen molar-refractivity contribution in [3.8, 4) is 5.75 Å². The van der Waals surface area contributed by atoms with Gasteiger partial charge in [0.2, 0.25) is 0 Å². The van der Waals surface area contributed by atoms with Gasteiger partial charge in [-0.15, -0.1) is 0 Å². The van der Waals surface area contributed by atoms with E-state index in [9.17, 15) is 9.41 Å². The van der Waals surface area contributed by atoms with Crippen molar-refractivity contribution < 1.29 is 18.8 Å². The molecule has 0 aliphatic carbocycles. The first-order valence-corrected chi connectivity index (χ1v) is 5.62. The van der Waals surface area contributed by atoms with E-state index in [1.54, 1.807) is 7.05 Å². The van der Waals surface area contributed by atoms with Crippen molar-refractivity contribution in [2.24, 2.45) is 0 Å². The molecule has 1 aliphatic heterocycles. The van der Waals surface area contributed by atoms with E-state index in [-0.39, 0.29) is 5.82 Å². The number of benzene rings is 1. The van der Waals surface area contributed by atoms with Crippen molar-refractivity contribution in [2.75, 3.05) is 20.2 Å². The molecule has 0 radical (unpaired) electrons. The molecular formula is C11H15BFNO3. The molecule has 0 bridgehead atoms. The standard InChI is InChI=1S/C11H15BFNO3/c1-3-16-8-5-4-7(13)10-9(6-14-2)17-12(15)11(8)10/h4-5,9,14-15H,3,6H2,1-2H3. The second kappa shape index (κ2) is 5.04. The Bertz CT molecular complexity index is 416. The number of hydrogen-bond donors (Lipinski definition) is 2. The van der Waals surface area contributed by atoms with Gasteiger partial charge in [-0.1, -0.05) is 0 Å². The third kappa shape index (κ3) is 2.16. The molecule has 0 amide bonds. The van der Waals surface area contributed by atoms with Gasteiger partial charge in [-0.2, -0.15) is 0 Å². The van der Waals surface area contributed by atoms with Gasteiger partial charge in [-0.25, -0.2) is 4.39 Å². The Balaban J connectivity index is 2.45. The molecule has 1 atom stereocenters. The van der Waals surface area contributed by atoms with Crippen LogP contribution in [0.1, 0.15) is 18.6 Å². The van der Waals surface area contributed by atoms with Gasteiger partial charge >= 0.3 is 7.12 Å². The molecule has 6 heteroatoms. The first-order valence-electron chi connectivity index (χ1n) is 5.62. The van der Waals surface area contributed by atoms with Crippen LogP contribution in [0, 0.1) is 5.82 Å². The van der Waals surface area contributed by atoms with E-state index in [2.05, 4.69) is 5.32 Å². The van der Waals surface area contributed by atoms with Crippen molar-refractivity contribution in [3.05, 3.63) is 23.5 Å². The molecule has 0 saturated carbocycles. The zero-order valence-electron chi connectivity index (χ0n) is 9.87. The summed E-state index contributed by atoms with van der Waals surface area (Å²) in [6, 6.07) is 2.86. The first-order chi connectivity index (χ1) is 8.19. The van der Waals surface area contributed by atoms with Crippen molar-refractivity contribution in [1.29, 1.82) is 0 Å². The Morgan fingerprint density at radius 3 is 3.00 bits per heavy atom. The van der Waals surface area contributed by atoms with Gasteiger partial charge in [0.25, 0.3) is 0 Å². The van der Waals surface area contributed by atoms with E-state index in [4.69, 9.17) is 9.39 Å². The average molecular weight is 239 g/mol. The quantitative estimate of drug-likeness (QED) is 0.737. The van der Waals surface area contributed by atoms with Gasteiger partial charge in [-0.05, 0) is 26.1 Å². The summed E-state index contributed by atoms with van der Waals surface area (Å²) in [4.78, 5) is 0. The molecule has 0 spiro atoms. The van der Waals surface area contributed by atoms with Gasteiger partial charge in [0, 0.05) is 17.6 Å². The normalized spacial score (nSPS) is 18.4. The Hall–Kier alpha value is -1.11. The van der Waals surface area contributed by atoms with Gasteiger partial charge in [0.05, 0.1) is 12.7 Å². The molecular weight excluding hydrogens is 224 g/mol. The highest BCUT2D eigenvalue weighted by Gasteiger charge is 2.39.